The van der Waals surface area contributed by atoms with Crippen LogP contribution in [0.5, 0.6) is 0 Å². The van der Waals surface area contributed by atoms with Crippen LogP contribution in [0.3, 0.4) is 0 Å². The number of nitrogens with zero attached hydrogens (tertiary/aromatic N) is 2. The van der Waals surface area contributed by atoms with Crippen molar-refractivity contribution in [3.05, 3.63) is 40.8 Å². The predicted octanol–water partition coefficient (Wildman–Crippen LogP) is 0.719. The van der Waals surface area contributed by atoms with Crippen molar-refractivity contribution in [3.63, 3.8) is 0 Å². The summed E-state index contributed by atoms with van der Waals surface area (Å²) in [6.45, 7) is -0.313. The van der Waals surface area contributed by atoms with Crippen LogP contribution in [0.1, 0.15) is 6.42 Å². The van der Waals surface area contributed by atoms with E-state index in [1.165, 1.54) is 18.0 Å². The summed E-state index contributed by atoms with van der Waals surface area (Å²) in [5, 5.41) is 16.6. The van der Waals surface area contributed by atoms with Crippen molar-refractivity contribution in [2.45, 2.75) is 19.0 Å². The van der Waals surface area contributed by atoms with Gasteiger partial charge >= 0.3 is 5.97 Å². The molecule has 0 aliphatic heterocycles. The van der Waals surface area contributed by atoms with Crippen LogP contribution in [0.2, 0.25) is 0 Å². The summed E-state index contributed by atoms with van der Waals surface area (Å²) in [6, 6.07) is 5.98. The zero-order chi connectivity index (χ0) is 16.8. The van der Waals surface area contributed by atoms with Gasteiger partial charge in [-0.15, -0.1) is 0 Å². The monoisotopic (exact) mass is 335 g/mol. The van der Waals surface area contributed by atoms with E-state index in [9.17, 15) is 14.4 Å². The Kier molecular flexibility index (Phi) is 5.75. The quantitative estimate of drug-likeness (QED) is 0.773. The van der Waals surface area contributed by atoms with Gasteiger partial charge < -0.3 is 10.4 Å². The lowest BCUT2D eigenvalue weighted by atomic mass is 10.2. The highest BCUT2D eigenvalue weighted by molar-refractivity contribution is 7.98. The first kappa shape index (κ1) is 17.0. The van der Waals surface area contributed by atoms with Crippen molar-refractivity contribution in [2.75, 3.05) is 12.0 Å². The third kappa shape index (κ3) is 4.32. The van der Waals surface area contributed by atoms with Crippen molar-refractivity contribution < 1.29 is 14.7 Å². The average Bonchev–Trinajstić information content (AvgIpc) is 2.54. The van der Waals surface area contributed by atoms with E-state index in [2.05, 4.69) is 10.4 Å². The average molecular weight is 335 g/mol. The Bertz CT molecular complexity index is 775. The fraction of sp³-hybridized carbons (Fsp3) is 0.333. The first-order valence-corrected chi connectivity index (χ1v) is 8.38. The molecule has 0 saturated carbocycles. The van der Waals surface area contributed by atoms with Crippen LogP contribution < -0.4 is 10.9 Å². The zero-order valence-electron chi connectivity index (χ0n) is 12.6. The molecule has 7 nitrogen and oxygen atoms in total. The fourth-order valence-electron chi connectivity index (χ4n) is 2.11. The standard InChI is InChI=1S/C15H17N3O4S/c1-23-7-6-12(15(21)22)17-13(19)9-18-14(20)11-5-3-2-4-10(11)8-16-18/h2-5,8,12H,6-7,9H2,1H3,(H,17,19)(H,21,22)/t12-/m1/s1. The molecule has 0 saturated heterocycles. The van der Waals surface area contributed by atoms with E-state index in [0.717, 1.165) is 4.68 Å². The number of carbonyl (C=O) groups is 2. The number of hydrogen-bond donors (Lipinski definition) is 2. The van der Waals surface area contributed by atoms with Crippen LogP contribution in [0, 0.1) is 0 Å². The lowest BCUT2D eigenvalue weighted by molar-refractivity contribution is -0.142. The maximum atomic E-state index is 12.3. The number of aromatic nitrogens is 2. The minimum Gasteiger partial charge on any atom is -0.480 e. The van der Waals surface area contributed by atoms with E-state index < -0.39 is 17.9 Å². The number of thioether (sulfide) groups is 1. The summed E-state index contributed by atoms with van der Waals surface area (Å²) in [5.74, 6) is -1.03. The number of rotatable bonds is 7. The molecule has 2 rings (SSSR count). The first-order chi connectivity index (χ1) is 11.0. The number of benzene rings is 1. The molecular formula is C15H17N3O4S. The molecule has 0 spiro atoms. The first-order valence-electron chi connectivity index (χ1n) is 6.99. The smallest absolute Gasteiger partial charge is 0.326 e. The van der Waals surface area contributed by atoms with Crippen LogP contribution in [-0.4, -0.2) is 44.8 Å². The Hall–Kier alpha value is -2.35. The number of aliphatic carboxylic acids is 1. The van der Waals surface area contributed by atoms with Gasteiger partial charge in [-0.2, -0.15) is 16.9 Å². The minimum absolute atomic E-state index is 0.313. The van der Waals surface area contributed by atoms with Gasteiger partial charge in [0.2, 0.25) is 5.91 Å². The molecule has 0 unspecified atom stereocenters. The molecule has 23 heavy (non-hydrogen) atoms. The molecule has 1 aromatic heterocycles. The highest BCUT2D eigenvalue weighted by atomic mass is 32.2. The second-order valence-corrected chi connectivity index (χ2v) is 5.92. The maximum Gasteiger partial charge on any atom is 0.326 e. The third-order valence-electron chi connectivity index (χ3n) is 3.30. The maximum absolute atomic E-state index is 12.3. The summed E-state index contributed by atoms with van der Waals surface area (Å²) in [4.78, 5) is 35.4. The van der Waals surface area contributed by atoms with Gasteiger partial charge in [0.05, 0.1) is 11.6 Å². The molecule has 8 heteroatoms. The summed E-state index contributed by atoms with van der Waals surface area (Å²) in [5.41, 5.74) is -0.380. The van der Waals surface area contributed by atoms with Crippen LogP contribution in [-0.2, 0) is 16.1 Å². The van der Waals surface area contributed by atoms with Crippen molar-refractivity contribution in [1.29, 1.82) is 0 Å². The van der Waals surface area contributed by atoms with Crippen molar-refractivity contribution in [2.24, 2.45) is 0 Å². The number of nitrogens with one attached hydrogen (secondary N) is 1. The molecule has 2 N–H and O–H groups in total. The highest BCUT2D eigenvalue weighted by Crippen LogP contribution is 2.06. The Morgan fingerprint density at radius 3 is 2.83 bits per heavy atom. The molecular weight excluding hydrogens is 318 g/mol. The summed E-state index contributed by atoms with van der Waals surface area (Å²) in [7, 11) is 0. The van der Waals surface area contributed by atoms with Crippen molar-refractivity contribution >= 4 is 34.4 Å². The molecule has 122 valence electrons. The predicted molar refractivity (Wildman–Crippen MR) is 88.6 cm³/mol. The van der Waals surface area contributed by atoms with Crippen LogP contribution >= 0.6 is 11.8 Å². The number of carbonyl (C=O) groups excluding carboxylic acids is 1. The second kappa shape index (κ2) is 7.77. The van der Waals surface area contributed by atoms with Gasteiger partial charge in [-0.05, 0) is 24.5 Å². The molecule has 0 fully saturated rings. The summed E-state index contributed by atoms with van der Waals surface area (Å²) >= 11 is 1.50. The topological polar surface area (TPSA) is 101 Å². The normalized spacial score (nSPS) is 12.0. The van der Waals surface area contributed by atoms with Gasteiger partial charge in [-0.1, -0.05) is 18.2 Å². The number of carboxylic acids is 1. The lowest BCUT2D eigenvalue weighted by Gasteiger charge is -2.14. The van der Waals surface area contributed by atoms with E-state index in [4.69, 9.17) is 5.11 Å². The molecule has 1 heterocycles. The van der Waals surface area contributed by atoms with E-state index in [0.29, 0.717) is 22.9 Å². The molecule has 1 amide bonds. The molecule has 0 aliphatic rings. The van der Waals surface area contributed by atoms with E-state index >= 15 is 0 Å². The van der Waals surface area contributed by atoms with E-state index in [-0.39, 0.29) is 12.1 Å². The van der Waals surface area contributed by atoms with Gasteiger partial charge in [0.1, 0.15) is 12.6 Å². The third-order valence-corrected chi connectivity index (χ3v) is 3.94. The van der Waals surface area contributed by atoms with Gasteiger partial charge in [0.15, 0.2) is 0 Å². The van der Waals surface area contributed by atoms with Gasteiger partial charge in [0, 0.05) is 5.39 Å². The van der Waals surface area contributed by atoms with E-state index in [1.54, 1.807) is 24.3 Å². The molecule has 2 aromatic rings. The van der Waals surface area contributed by atoms with E-state index in [1.807, 2.05) is 6.26 Å². The van der Waals surface area contributed by atoms with Crippen molar-refractivity contribution in [1.82, 2.24) is 15.1 Å². The second-order valence-electron chi connectivity index (χ2n) is 4.93. The van der Waals surface area contributed by atoms with Crippen molar-refractivity contribution in [3.8, 4) is 0 Å². The fourth-order valence-corrected chi connectivity index (χ4v) is 2.58. The Labute approximate surface area is 136 Å². The number of carboxylic acid groups (broad SMARTS) is 1. The Balaban J connectivity index is 2.12. The van der Waals surface area contributed by atoms with Gasteiger partial charge in [-0.25, -0.2) is 9.48 Å². The minimum atomic E-state index is -1.09. The SMILES string of the molecule is CSCC[C@@H](NC(=O)Cn1ncc2ccccc2c1=O)C(=O)O. The molecule has 0 radical (unpaired) electrons. The Morgan fingerprint density at radius 2 is 2.13 bits per heavy atom. The molecule has 0 bridgehead atoms. The van der Waals surface area contributed by atoms with Gasteiger partial charge in [-0.3, -0.25) is 9.59 Å². The van der Waals surface area contributed by atoms with Crippen LogP contribution in [0.25, 0.3) is 10.8 Å². The highest BCUT2D eigenvalue weighted by Gasteiger charge is 2.20. The Morgan fingerprint density at radius 1 is 1.39 bits per heavy atom. The number of fused-ring (bicyclic) bond motifs is 1. The van der Waals surface area contributed by atoms with Gasteiger partial charge in [0.25, 0.3) is 5.56 Å². The summed E-state index contributed by atoms with van der Waals surface area (Å²) < 4.78 is 1.03. The molecule has 1 atom stereocenters. The molecule has 1 aromatic carbocycles. The van der Waals surface area contributed by atoms with Crippen LogP contribution in [0.4, 0.5) is 0 Å². The lowest BCUT2D eigenvalue weighted by Crippen LogP contribution is -2.44. The largest absolute Gasteiger partial charge is 0.480 e. The zero-order valence-corrected chi connectivity index (χ0v) is 13.4. The number of amides is 1. The van der Waals surface area contributed by atoms with Crippen LogP contribution in [0.15, 0.2) is 35.3 Å². The molecule has 0 aliphatic carbocycles. The number of hydrogen-bond acceptors (Lipinski definition) is 5. The summed E-state index contributed by atoms with van der Waals surface area (Å²) in [6.07, 6.45) is 3.69.